The standard InChI is InChI=1S/C16H21FN4O3S/c1-20(12-5-6-25(23,24)10-12)9-16(22)21(2)8-15-18-13-4-3-11(17)7-14(13)19-15/h3-4,7,12H,5-6,8-10H2,1-2H3,(H,18,19)/t12-/m0/s1. The molecule has 1 atom stereocenters. The number of H-pyrrole nitrogens is 1. The van der Waals surface area contributed by atoms with Crippen LogP contribution in [0.15, 0.2) is 18.2 Å². The highest BCUT2D eigenvalue weighted by molar-refractivity contribution is 7.91. The van der Waals surface area contributed by atoms with Crippen LogP contribution in [-0.2, 0) is 21.2 Å². The zero-order chi connectivity index (χ0) is 18.2. The number of fused-ring (bicyclic) bond motifs is 1. The molecule has 1 aliphatic rings. The highest BCUT2D eigenvalue weighted by Crippen LogP contribution is 2.17. The van der Waals surface area contributed by atoms with E-state index in [1.807, 2.05) is 0 Å². The van der Waals surface area contributed by atoms with Crippen LogP contribution in [0.4, 0.5) is 4.39 Å². The molecule has 1 aromatic carbocycles. The Kier molecular flexibility index (Phi) is 4.79. The van der Waals surface area contributed by atoms with E-state index < -0.39 is 9.84 Å². The number of sulfone groups is 1. The van der Waals surface area contributed by atoms with Crippen molar-refractivity contribution in [2.45, 2.75) is 19.0 Å². The summed E-state index contributed by atoms with van der Waals surface area (Å²) < 4.78 is 36.3. The molecule has 1 fully saturated rings. The van der Waals surface area contributed by atoms with Crippen molar-refractivity contribution < 1.29 is 17.6 Å². The van der Waals surface area contributed by atoms with E-state index in [9.17, 15) is 17.6 Å². The monoisotopic (exact) mass is 368 g/mol. The molecule has 1 N–H and O–H groups in total. The maximum atomic E-state index is 13.2. The SMILES string of the molecule is CN(Cc1nc2ccc(F)cc2[nH]1)C(=O)CN(C)[C@H]1CCS(=O)(=O)C1. The average molecular weight is 368 g/mol. The van der Waals surface area contributed by atoms with Gasteiger partial charge in [-0.15, -0.1) is 0 Å². The number of hydrogen-bond acceptors (Lipinski definition) is 5. The number of aromatic amines is 1. The number of nitrogens with one attached hydrogen (secondary N) is 1. The number of hydrogen-bond donors (Lipinski definition) is 1. The Balaban J connectivity index is 1.60. The number of amides is 1. The number of carbonyl (C=O) groups excluding carboxylic acids is 1. The quantitative estimate of drug-likeness (QED) is 0.843. The number of imidazole rings is 1. The summed E-state index contributed by atoms with van der Waals surface area (Å²) in [5.74, 6) is 0.387. The Morgan fingerprint density at radius 3 is 2.84 bits per heavy atom. The first-order valence-electron chi connectivity index (χ1n) is 8.02. The number of rotatable bonds is 5. The van der Waals surface area contributed by atoms with Crippen LogP contribution in [-0.4, -0.2) is 72.3 Å². The Hall–Kier alpha value is -2.00. The van der Waals surface area contributed by atoms with Crippen LogP contribution in [0.3, 0.4) is 0 Å². The van der Waals surface area contributed by atoms with Crippen molar-refractivity contribution in [3.05, 3.63) is 29.8 Å². The van der Waals surface area contributed by atoms with Gasteiger partial charge in [-0.25, -0.2) is 17.8 Å². The van der Waals surface area contributed by atoms with Gasteiger partial charge in [0.05, 0.1) is 35.6 Å². The second kappa shape index (κ2) is 6.72. The molecule has 0 saturated carbocycles. The van der Waals surface area contributed by atoms with Gasteiger partial charge < -0.3 is 9.88 Å². The fourth-order valence-corrected chi connectivity index (χ4v) is 4.81. The van der Waals surface area contributed by atoms with Crippen LogP contribution >= 0.6 is 0 Å². The lowest BCUT2D eigenvalue weighted by Gasteiger charge is -2.25. The van der Waals surface area contributed by atoms with E-state index in [2.05, 4.69) is 9.97 Å². The van der Waals surface area contributed by atoms with Gasteiger partial charge in [0, 0.05) is 13.1 Å². The smallest absolute Gasteiger partial charge is 0.236 e. The van der Waals surface area contributed by atoms with E-state index in [-0.39, 0.29) is 42.4 Å². The molecule has 1 aromatic heterocycles. The first-order valence-corrected chi connectivity index (χ1v) is 9.84. The molecule has 9 heteroatoms. The van der Waals surface area contributed by atoms with Gasteiger partial charge in [0.15, 0.2) is 9.84 Å². The predicted octanol–water partition coefficient (Wildman–Crippen LogP) is 0.779. The lowest BCUT2D eigenvalue weighted by atomic mass is 10.2. The number of benzene rings is 1. The van der Waals surface area contributed by atoms with Crippen molar-refractivity contribution in [3.8, 4) is 0 Å². The largest absolute Gasteiger partial charge is 0.340 e. The lowest BCUT2D eigenvalue weighted by molar-refractivity contribution is -0.131. The highest BCUT2D eigenvalue weighted by Gasteiger charge is 2.31. The number of nitrogens with zero attached hydrogens (tertiary/aromatic N) is 3. The minimum Gasteiger partial charge on any atom is -0.340 e. The number of aromatic nitrogens is 2. The third-order valence-electron chi connectivity index (χ3n) is 4.52. The van der Waals surface area contributed by atoms with Gasteiger partial charge in [-0.05, 0) is 31.7 Å². The zero-order valence-electron chi connectivity index (χ0n) is 14.2. The van der Waals surface area contributed by atoms with E-state index >= 15 is 0 Å². The number of halogens is 1. The summed E-state index contributed by atoms with van der Waals surface area (Å²) in [6, 6.07) is 4.17. The zero-order valence-corrected chi connectivity index (χ0v) is 15.0. The Morgan fingerprint density at radius 1 is 1.40 bits per heavy atom. The molecule has 136 valence electrons. The van der Waals surface area contributed by atoms with Crippen LogP contribution in [0.5, 0.6) is 0 Å². The van der Waals surface area contributed by atoms with Crippen molar-refractivity contribution in [3.63, 3.8) is 0 Å². The maximum Gasteiger partial charge on any atom is 0.236 e. The van der Waals surface area contributed by atoms with Gasteiger partial charge in [-0.2, -0.15) is 0 Å². The van der Waals surface area contributed by atoms with E-state index in [1.54, 1.807) is 25.1 Å². The summed E-state index contributed by atoms with van der Waals surface area (Å²) in [4.78, 5) is 23.0. The van der Waals surface area contributed by atoms with Crippen LogP contribution < -0.4 is 0 Å². The van der Waals surface area contributed by atoms with Gasteiger partial charge in [0.2, 0.25) is 5.91 Å². The molecule has 0 bridgehead atoms. The summed E-state index contributed by atoms with van der Waals surface area (Å²) in [7, 11) is 0.451. The predicted molar refractivity (Wildman–Crippen MR) is 92.2 cm³/mol. The Morgan fingerprint density at radius 2 is 2.16 bits per heavy atom. The third-order valence-corrected chi connectivity index (χ3v) is 6.27. The summed E-state index contributed by atoms with van der Waals surface area (Å²) in [6.07, 6.45) is 0.560. The molecule has 7 nitrogen and oxygen atoms in total. The summed E-state index contributed by atoms with van der Waals surface area (Å²) >= 11 is 0. The Bertz CT molecular complexity index is 896. The number of likely N-dealkylation sites (N-methyl/N-ethyl adjacent to an activating group) is 2. The van der Waals surface area contributed by atoms with Crippen molar-refractivity contribution in [2.24, 2.45) is 0 Å². The molecule has 2 heterocycles. The van der Waals surface area contributed by atoms with Gasteiger partial charge in [0.1, 0.15) is 11.6 Å². The summed E-state index contributed by atoms with van der Waals surface area (Å²) in [5, 5.41) is 0. The molecule has 0 radical (unpaired) electrons. The molecule has 1 amide bonds. The summed E-state index contributed by atoms with van der Waals surface area (Å²) in [6.45, 7) is 0.414. The minimum absolute atomic E-state index is 0.107. The van der Waals surface area contributed by atoms with E-state index in [1.165, 1.54) is 17.0 Å². The second-order valence-corrected chi connectivity index (χ2v) is 8.80. The van der Waals surface area contributed by atoms with Gasteiger partial charge >= 0.3 is 0 Å². The maximum absolute atomic E-state index is 13.2. The molecule has 1 saturated heterocycles. The van der Waals surface area contributed by atoms with Crippen molar-refractivity contribution in [2.75, 3.05) is 32.1 Å². The molecule has 2 aromatic rings. The highest BCUT2D eigenvalue weighted by atomic mass is 32.2. The van der Waals surface area contributed by atoms with Crippen LogP contribution in [0.2, 0.25) is 0 Å². The van der Waals surface area contributed by atoms with Crippen molar-refractivity contribution in [1.29, 1.82) is 0 Å². The molecule has 3 rings (SSSR count). The van der Waals surface area contributed by atoms with Gasteiger partial charge in [0.25, 0.3) is 0 Å². The topological polar surface area (TPSA) is 86.4 Å². The van der Waals surface area contributed by atoms with Crippen molar-refractivity contribution >= 4 is 26.8 Å². The molecule has 0 unspecified atom stereocenters. The van der Waals surface area contributed by atoms with Crippen molar-refractivity contribution in [1.82, 2.24) is 19.8 Å². The van der Waals surface area contributed by atoms with Crippen LogP contribution in [0.25, 0.3) is 11.0 Å². The van der Waals surface area contributed by atoms with E-state index in [4.69, 9.17) is 0 Å². The lowest BCUT2D eigenvalue weighted by Crippen LogP contribution is -2.41. The molecular weight excluding hydrogens is 347 g/mol. The normalized spacial score (nSPS) is 19.6. The molecule has 0 spiro atoms. The first-order chi connectivity index (χ1) is 11.7. The molecule has 0 aliphatic carbocycles. The molecule has 25 heavy (non-hydrogen) atoms. The summed E-state index contributed by atoms with van der Waals surface area (Å²) in [5.41, 5.74) is 1.23. The van der Waals surface area contributed by atoms with Crippen LogP contribution in [0.1, 0.15) is 12.2 Å². The Labute approximate surface area is 145 Å². The third kappa shape index (κ3) is 4.16. The second-order valence-electron chi connectivity index (χ2n) is 6.57. The number of carbonyl (C=O) groups is 1. The van der Waals surface area contributed by atoms with E-state index in [0.717, 1.165) is 0 Å². The fourth-order valence-electron chi connectivity index (χ4n) is 3.01. The van der Waals surface area contributed by atoms with E-state index in [0.29, 0.717) is 23.3 Å². The van der Waals surface area contributed by atoms with Crippen LogP contribution in [0, 0.1) is 5.82 Å². The minimum atomic E-state index is -2.98. The fraction of sp³-hybridized carbons (Fsp3) is 0.500. The van der Waals surface area contributed by atoms with Gasteiger partial charge in [-0.3, -0.25) is 9.69 Å². The molecule has 1 aliphatic heterocycles. The average Bonchev–Trinajstić information content (AvgIpc) is 3.08. The first kappa shape index (κ1) is 17.8. The molecular formula is C16H21FN4O3S. The van der Waals surface area contributed by atoms with Gasteiger partial charge in [-0.1, -0.05) is 0 Å².